The van der Waals surface area contributed by atoms with Gasteiger partial charge in [0.25, 0.3) is 0 Å². The SMILES string of the molecule is N#Cc1cnc2cc(N3CCN(C(=O)O)CC3=O)ccc2c1. The van der Waals surface area contributed by atoms with Gasteiger partial charge in [0, 0.05) is 30.4 Å². The number of nitriles is 1. The van der Waals surface area contributed by atoms with Crippen molar-refractivity contribution < 1.29 is 14.7 Å². The summed E-state index contributed by atoms with van der Waals surface area (Å²) >= 11 is 0. The molecule has 0 bridgehead atoms. The summed E-state index contributed by atoms with van der Waals surface area (Å²) in [5.41, 5.74) is 1.84. The van der Waals surface area contributed by atoms with Crippen molar-refractivity contribution in [2.75, 3.05) is 24.5 Å². The van der Waals surface area contributed by atoms with E-state index in [0.717, 1.165) is 10.3 Å². The van der Waals surface area contributed by atoms with E-state index in [4.69, 9.17) is 10.4 Å². The topological polar surface area (TPSA) is 97.5 Å². The van der Waals surface area contributed by atoms with Crippen LogP contribution in [0.2, 0.25) is 0 Å². The van der Waals surface area contributed by atoms with E-state index in [1.165, 1.54) is 6.20 Å². The molecule has 0 unspecified atom stereocenters. The van der Waals surface area contributed by atoms with Gasteiger partial charge in [0.15, 0.2) is 0 Å². The molecule has 1 aliphatic heterocycles. The lowest BCUT2D eigenvalue weighted by atomic mass is 10.1. The summed E-state index contributed by atoms with van der Waals surface area (Å²) in [6.07, 6.45) is 0.397. The lowest BCUT2D eigenvalue weighted by molar-refractivity contribution is -0.120. The Morgan fingerprint density at radius 3 is 2.82 bits per heavy atom. The minimum atomic E-state index is -1.09. The number of rotatable bonds is 1. The largest absolute Gasteiger partial charge is 0.465 e. The van der Waals surface area contributed by atoms with Gasteiger partial charge in [-0.25, -0.2) is 4.79 Å². The van der Waals surface area contributed by atoms with Crippen LogP contribution in [-0.2, 0) is 4.79 Å². The van der Waals surface area contributed by atoms with Crippen LogP contribution in [0.1, 0.15) is 5.56 Å². The normalized spacial score (nSPS) is 15.0. The lowest BCUT2D eigenvalue weighted by Gasteiger charge is -2.32. The number of aromatic nitrogens is 1. The Kier molecular flexibility index (Phi) is 3.35. The molecule has 1 fully saturated rings. The number of piperazine rings is 1. The molecule has 2 aromatic rings. The molecule has 1 aromatic carbocycles. The van der Waals surface area contributed by atoms with Gasteiger partial charge in [-0.05, 0) is 18.2 Å². The smallest absolute Gasteiger partial charge is 0.407 e. The number of hydrogen-bond donors (Lipinski definition) is 1. The fourth-order valence-electron chi connectivity index (χ4n) is 2.45. The van der Waals surface area contributed by atoms with Crippen LogP contribution < -0.4 is 4.90 Å². The zero-order valence-corrected chi connectivity index (χ0v) is 11.6. The van der Waals surface area contributed by atoms with Crippen LogP contribution >= 0.6 is 0 Å². The molecule has 1 N–H and O–H groups in total. The van der Waals surface area contributed by atoms with Crippen LogP contribution in [0.15, 0.2) is 30.5 Å². The van der Waals surface area contributed by atoms with Crippen molar-refractivity contribution in [3.8, 4) is 6.07 Å². The minimum Gasteiger partial charge on any atom is -0.465 e. The Balaban J connectivity index is 1.89. The summed E-state index contributed by atoms with van der Waals surface area (Å²) in [5, 5.41) is 18.6. The molecule has 0 radical (unpaired) electrons. The van der Waals surface area contributed by atoms with E-state index in [1.807, 2.05) is 6.07 Å². The average Bonchev–Trinajstić information content (AvgIpc) is 2.53. The first-order valence-electron chi connectivity index (χ1n) is 6.66. The summed E-state index contributed by atoms with van der Waals surface area (Å²) in [7, 11) is 0. The number of carbonyl (C=O) groups excluding carboxylic acids is 1. The molecule has 3 rings (SSSR count). The zero-order chi connectivity index (χ0) is 15.7. The Hall–Kier alpha value is -3.14. The maximum atomic E-state index is 12.1. The highest BCUT2D eigenvalue weighted by atomic mass is 16.4. The number of carbonyl (C=O) groups is 2. The first kappa shape index (κ1) is 13.8. The molecule has 22 heavy (non-hydrogen) atoms. The summed E-state index contributed by atoms with van der Waals surface area (Å²) in [6, 6.07) is 9.11. The Morgan fingerprint density at radius 1 is 1.32 bits per heavy atom. The molecule has 0 aliphatic carbocycles. The molecular formula is C15H12N4O3. The van der Waals surface area contributed by atoms with Crippen molar-refractivity contribution in [1.82, 2.24) is 9.88 Å². The third-order valence-corrected chi connectivity index (χ3v) is 3.60. The molecule has 1 aromatic heterocycles. The fraction of sp³-hybridized carbons (Fsp3) is 0.200. The third-order valence-electron chi connectivity index (χ3n) is 3.60. The van der Waals surface area contributed by atoms with E-state index in [-0.39, 0.29) is 19.0 Å². The maximum absolute atomic E-state index is 12.1. The van der Waals surface area contributed by atoms with Gasteiger partial charge < -0.3 is 10.0 Å². The van der Waals surface area contributed by atoms with Crippen LogP contribution in [-0.4, -0.2) is 46.6 Å². The minimum absolute atomic E-state index is 0.145. The molecule has 0 spiro atoms. The number of amides is 2. The molecular weight excluding hydrogens is 284 g/mol. The first-order chi connectivity index (χ1) is 10.6. The molecule has 110 valence electrons. The maximum Gasteiger partial charge on any atom is 0.407 e. The van der Waals surface area contributed by atoms with Crippen molar-refractivity contribution in [1.29, 1.82) is 5.26 Å². The number of hydrogen-bond acceptors (Lipinski definition) is 4. The van der Waals surface area contributed by atoms with E-state index in [1.54, 1.807) is 29.2 Å². The molecule has 0 saturated carbocycles. The summed E-state index contributed by atoms with van der Waals surface area (Å²) < 4.78 is 0. The molecule has 2 amide bonds. The van der Waals surface area contributed by atoms with Crippen LogP contribution in [0.25, 0.3) is 10.9 Å². The molecule has 7 nitrogen and oxygen atoms in total. The Morgan fingerprint density at radius 2 is 2.14 bits per heavy atom. The third kappa shape index (κ3) is 2.42. The molecule has 2 heterocycles. The van der Waals surface area contributed by atoms with E-state index < -0.39 is 6.09 Å². The monoisotopic (exact) mass is 296 g/mol. The zero-order valence-electron chi connectivity index (χ0n) is 11.6. The highest BCUT2D eigenvalue weighted by Gasteiger charge is 2.27. The van der Waals surface area contributed by atoms with Crippen molar-refractivity contribution >= 4 is 28.6 Å². The molecule has 0 atom stereocenters. The van der Waals surface area contributed by atoms with Gasteiger partial charge >= 0.3 is 6.09 Å². The number of anilines is 1. The Labute approximate surface area is 126 Å². The highest BCUT2D eigenvalue weighted by Crippen LogP contribution is 2.23. The average molecular weight is 296 g/mol. The van der Waals surface area contributed by atoms with Crippen molar-refractivity contribution in [2.24, 2.45) is 0 Å². The Bertz CT molecular complexity index is 812. The van der Waals surface area contributed by atoms with E-state index in [9.17, 15) is 9.59 Å². The molecule has 1 saturated heterocycles. The van der Waals surface area contributed by atoms with E-state index in [0.29, 0.717) is 23.3 Å². The van der Waals surface area contributed by atoms with Gasteiger partial charge in [-0.3, -0.25) is 14.7 Å². The lowest BCUT2D eigenvalue weighted by Crippen LogP contribution is -2.52. The second kappa shape index (κ2) is 5.33. The van der Waals surface area contributed by atoms with Gasteiger partial charge in [-0.15, -0.1) is 0 Å². The number of pyridine rings is 1. The van der Waals surface area contributed by atoms with Gasteiger partial charge in [0.1, 0.15) is 12.6 Å². The second-order valence-electron chi connectivity index (χ2n) is 4.96. The molecule has 1 aliphatic rings. The summed E-state index contributed by atoms with van der Waals surface area (Å²) in [6.45, 7) is 0.445. The number of fused-ring (bicyclic) bond motifs is 1. The van der Waals surface area contributed by atoms with E-state index in [2.05, 4.69) is 4.98 Å². The fourth-order valence-corrected chi connectivity index (χ4v) is 2.45. The first-order valence-corrected chi connectivity index (χ1v) is 6.66. The van der Waals surface area contributed by atoms with Gasteiger partial charge in [0.05, 0.1) is 11.1 Å². The quantitative estimate of drug-likeness (QED) is 0.858. The van der Waals surface area contributed by atoms with Crippen LogP contribution in [0.3, 0.4) is 0 Å². The summed E-state index contributed by atoms with van der Waals surface area (Å²) in [4.78, 5) is 29.9. The number of carboxylic acid groups (broad SMARTS) is 1. The van der Waals surface area contributed by atoms with Crippen LogP contribution in [0.4, 0.5) is 10.5 Å². The number of nitrogens with zero attached hydrogens (tertiary/aromatic N) is 4. The predicted octanol–water partition coefficient (Wildman–Crippen LogP) is 1.43. The number of benzene rings is 1. The van der Waals surface area contributed by atoms with Crippen molar-refractivity contribution in [3.63, 3.8) is 0 Å². The van der Waals surface area contributed by atoms with Gasteiger partial charge in [0.2, 0.25) is 5.91 Å². The van der Waals surface area contributed by atoms with Gasteiger partial charge in [-0.2, -0.15) is 5.26 Å². The van der Waals surface area contributed by atoms with Crippen LogP contribution in [0, 0.1) is 11.3 Å². The highest BCUT2D eigenvalue weighted by molar-refractivity contribution is 5.98. The van der Waals surface area contributed by atoms with Gasteiger partial charge in [-0.1, -0.05) is 6.07 Å². The van der Waals surface area contributed by atoms with Crippen LogP contribution in [0.5, 0.6) is 0 Å². The predicted molar refractivity (Wildman–Crippen MR) is 78.4 cm³/mol. The van der Waals surface area contributed by atoms with E-state index >= 15 is 0 Å². The molecule has 7 heteroatoms. The summed E-state index contributed by atoms with van der Waals surface area (Å²) in [5.74, 6) is -0.262. The van der Waals surface area contributed by atoms with Crippen molar-refractivity contribution in [3.05, 3.63) is 36.0 Å². The second-order valence-corrected chi connectivity index (χ2v) is 4.96. The standard InChI is InChI=1S/C15H12N4O3/c16-7-10-5-11-1-2-12(6-13(11)17-8-10)19-4-3-18(15(21)22)9-14(19)20/h1-2,5-6,8H,3-4,9H2,(H,21,22). The van der Waals surface area contributed by atoms with Crippen molar-refractivity contribution in [2.45, 2.75) is 0 Å².